The van der Waals surface area contributed by atoms with Gasteiger partial charge in [0.15, 0.2) is 5.78 Å². The van der Waals surface area contributed by atoms with Gasteiger partial charge in [0.25, 0.3) is 0 Å². The van der Waals surface area contributed by atoms with Crippen molar-refractivity contribution < 1.29 is 28.6 Å². The molecule has 0 fully saturated rings. The molecule has 0 saturated heterocycles. The minimum absolute atomic E-state index is 0.611. The Morgan fingerprint density at radius 3 is 2.00 bits per heavy atom. The summed E-state index contributed by atoms with van der Waals surface area (Å²) in [5.41, 5.74) is -0.671. The molecule has 0 aliphatic rings. The zero-order valence-corrected chi connectivity index (χ0v) is 12.1. The van der Waals surface area contributed by atoms with Crippen LogP contribution in [0.3, 0.4) is 0 Å². The van der Waals surface area contributed by atoms with Crippen LogP contribution < -0.4 is 5.32 Å². The Labute approximate surface area is 112 Å². The summed E-state index contributed by atoms with van der Waals surface area (Å²) in [7, 11) is 2.35. The summed E-state index contributed by atoms with van der Waals surface area (Å²) >= 11 is 0. The van der Waals surface area contributed by atoms with E-state index in [2.05, 4.69) is 10.1 Å². The smallest absolute Gasteiger partial charge is 0.408 e. The van der Waals surface area contributed by atoms with E-state index in [0.717, 1.165) is 7.11 Å². The van der Waals surface area contributed by atoms with E-state index in [1.165, 1.54) is 14.0 Å². The molecule has 0 aromatic rings. The van der Waals surface area contributed by atoms with Gasteiger partial charge in [0, 0.05) is 7.11 Å². The van der Waals surface area contributed by atoms with Crippen molar-refractivity contribution in [2.75, 3.05) is 14.2 Å². The highest BCUT2D eigenvalue weighted by atomic mass is 16.6. The molecule has 1 N–H and O–H groups in total. The van der Waals surface area contributed by atoms with Crippen LogP contribution in [0, 0.1) is 0 Å². The molecule has 0 aromatic heterocycles. The van der Waals surface area contributed by atoms with Gasteiger partial charge in [-0.25, -0.2) is 9.59 Å². The number of alkyl carbamates (subject to hydrolysis) is 1. The van der Waals surface area contributed by atoms with Crippen molar-refractivity contribution >= 4 is 17.8 Å². The molecule has 0 bridgehead atoms. The third-order valence-electron chi connectivity index (χ3n) is 2.07. The van der Waals surface area contributed by atoms with E-state index in [4.69, 9.17) is 9.47 Å². The fourth-order valence-electron chi connectivity index (χ4n) is 1.22. The lowest BCUT2D eigenvalue weighted by Crippen LogP contribution is -2.48. The number of esters is 1. The maximum Gasteiger partial charge on any atom is 0.408 e. The van der Waals surface area contributed by atoms with Crippen LogP contribution in [0.15, 0.2) is 0 Å². The number of carbonyl (C=O) groups is 3. The third-order valence-corrected chi connectivity index (χ3v) is 2.07. The molecule has 0 radical (unpaired) electrons. The van der Waals surface area contributed by atoms with Crippen molar-refractivity contribution in [3.63, 3.8) is 0 Å². The van der Waals surface area contributed by atoms with E-state index < -0.39 is 35.6 Å². The molecule has 2 unspecified atom stereocenters. The third kappa shape index (κ3) is 6.19. The maximum absolute atomic E-state index is 11.9. The number of rotatable bonds is 5. The molecular weight excluding hydrogens is 254 g/mol. The first-order valence-electron chi connectivity index (χ1n) is 5.76. The van der Waals surface area contributed by atoms with Crippen molar-refractivity contribution in [2.24, 2.45) is 0 Å². The van der Waals surface area contributed by atoms with E-state index in [1.807, 2.05) is 0 Å². The predicted octanol–water partition coefficient (Wildman–Crippen LogP) is 0.657. The van der Waals surface area contributed by atoms with Crippen LogP contribution >= 0.6 is 0 Å². The topological polar surface area (TPSA) is 90.9 Å². The van der Waals surface area contributed by atoms with Gasteiger partial charge in [0.1, 0.15) is 5.60 Å². The van der Waals surface area contributed by atoms with Crippen LogP contribution in [-0.4, -0.2) is 49.8 Å². The standard InChI is InChI=1S/C12H21NO6/c1-7(13-11(16)19-12(2,3)4)8(14)9(17-5)10(15)18-6/h7,9H,1-6H3,(H,13,16). The summed E-state index contributed by atoms with van der Waals surface area (Å²) in [6.07, 6.45) is -2.11. The second-order valence-corrected chi connectivity index (χ2v) is 4.91. The number of methoxy groups -OCH3 is 2. The Kier molecular flexibility index (Phi) is 6.47. The number of nitrogens with one attached hydrogen (secondary N) is 1. The Morgan fingerprint density at radius 1 is 1.11 bits per heavy atom. The lowest BCUT2D eigenvalue weighted by Gasteiger charge is -2.22. The first kappa shape index (κ1) is 17.4. The van der Waals surface area contributed by atoms with Gasteiger partial charge >= 0.3 is 12.1 Å². The molecule has 110 valence electrons. The average Bonchev–Trinajstić information content (AvgIpc) is 2.26. The number of amides is 1. The zero-order valence-electron chi connectivity index (χ0n) is 12.1. The monoisotopic (exact) mass is 275 g/mol. The number of Topliss-reactive ketones (excluding diaryl/α,β-unsaturated/α-hetero) is 1. The molecule has 7 nitrogen and oxygen atoms in total. The Bertz CT molecular complexity index is 347. The molecule has 0 aliphatic heterocycles. The number of ketones is 1. The molecule has 0 rings (SSSR count). The van der Waals surface area contributed by atoms with Crippen LogP contribution in [-0.2, 0) is 23.8 Å². The molecule has 0 saturated carbocycles. The largest absolute Gasteiger partial charge is 0.467 e. The van der Waals surface area contributed by atoms with Crippen molar-refractivity contribution in [2.45, 2.75) is 45.4 Å². The van der Waals surface area contributed by atoms with Gasteiger partial charge in [0.2, 0.25) is 6.10 Å². The van der Waals surface area contributed by atoms with Gasteiger partial charge in [0.05, 0.1) is 13.2 Å². The number of hydrogen-bond acceptors (Lipinski definition) is 6. The van der Waals surface area contributed by atoms with Crippen molar-refractivity contribution in [1.82, 2.24) is 5.32 Å². The minimum Gasteiger partial charge on any atom is -0.467 e. The summed E-state index contributed by atoms with van der Waals surface area (Å²) in [4.78, 5) is 34.7. The molecule has 1 amide bonds. The van der Waals surface area contributed by atoms with Crippen LogP contribution in [0.5, 0.6) is 0 Å². The fourth-order valence-corrected chi connectivity index (χ4v) is 1.22. The number of hydrogen-bond donors (Lipinski definition) is 1. The summed E-state index contributed by atoms with van der Waals surface area (Å²) in [6.45, 7) is 6.53. The van der Waals surface area contributed by atoms with Crippen LogP contribution in [0.2, 0.25) is 0 Å². The lowest BCUT2D eigenvalue weighted by atomic mass is 10.1. The Hall–Kier alpha value is -1.63. The first-order chi connectivity index (χ1) is 8.62. The molecule has 0 spiro atoms. The minimum atomic E-state index is -1.37. The Morgan fingerprint density at radius 2 is 1.63 bits per heavy atom. The van der Waals surface area contributed by atoms with Gasteiger partial charge in [-0.05, 0) is 27.7 Å². The predicted molar refractivity (Wildman–Crippen MR) is 66.7 cm³/mol. The Balaban J connectivity index is 4.57. The van der Waals surface area contributed by atoms with Crippen LogP contribution in [0.4, 0.5) is 4.79 Å². The fraction of sp³-hybridized carbons (Fsp3) is 0.750. The van der Waals surface area contributed by atoms with E-state index in [1.54, 1.807) is 20.8 Å². The molecule has 0 aliphatic carbocycles. The highest BCUT2D eigenvalue weighted by molar-refractivity contribution is 6.05. The average molecular weight is 275 g/mol. The van der Waals surface area contributed by atoms with Gasteiger partial charge in [-0.3, -0.25) is 4.79 Å². The van der Waals surface area contributed by atoms with Crippen molar-refractivity contribution in [3.05, 3.63) is 0 Å². The van der Waals surface area contributed by atoms with E-state index in [0.29, 0.717) is 0 Å². The highest BCUT2D eigenvalue weighted by Crippen LogP contribution is 2.07. The quantitative estimate of drug-likeness (QED) is 0.585. The highest BCUT2D eigenvalue weighted by Gasteiger charge is 2.32. The second-order valence-electron chi connectivity index (χ2n) is 4.91. The molecule has 0 aromatic carbocycles. The normalized spacial score (nSPS) is 14.2. The van der Waals surface area contributed by atoms with Crippen molar-refractivity contribution in [1.29, 1.82) is 0 Å². The molecular formula is C12H21NO6. The van der Waals surface area contributed by atoms with E-state index >= 15 is 0 Å². The molecule has 7 heteroatoms. The summed E-state index contributed by atoms with van der Waals surface area (Å²) in [6, 6.07) is -0.932. The SMILES string of the molecule is COC(=O)C(OC)C(=O)C(C)NC(=O)OC(C)(C)C. The molecule has 0 heterocycles. The molecule has 19 heavy (non-hydrogen) atoms. The summed E-state index contributed by atoms with van der Waals surface area (Å²) in [5.74, 6) is -1.43. The van der Waals surface area contributed by atoms with Gasteiger partial charge in [-0.15, -0.1) is 0 Å². The van der Waals surface area contributed by atoms with Crippen molar-refractivity contribution in [3.8, 4) is 0 Å². The summed E-state index contributed by atoms with van der Waals surface area (Å²) < 4.78 is 14.2. The van der Waals surface area contributed by atoms with Gasteiger partial charge in [-0.1, -0.05) is 0 Å². The summed E-state index contributed by atoms with van der Waals surface area (Å²) in [5, 5.41) is 2.33. The number of ether oxygens (including phenoxy) is 3. The maximum atomic E-state index is 11.9. The van der Waals surface area contributed by atoms with Crippen LogP contribution in [0.1, 0.15) is 27.7 Å². The lowest BCUT2D eigenvalue weighted by molar-refractivity contribution is -0.157. The van der Waals surface area contributed by atoms with Crippen LogP contribution in [0.25, 0.3) is 0 Å². The first-order valence-corrected chi connectivity index (χ1v) is 5.76. The molecule has 2 atom stereocenters. The van der Waals surface area contributed by atoms with E-state index in [-0.39, 0.29) is 0 Å². The number of carbonyl (C=O) groups excluding carboxylic acids is 3. The van der Waals surface area contributed by atoms with Gasteiger partial charge < -0.3 is 19.5 Å². The van der Waals surface area contributed by atoms with E-state index in [9.17, 15) is 14.4 Å². The van der Waals surface area contributed by atoms with Gasteiger partial charge in [-0.2, -0.15) is 0 Å². The zero-order chi connectivity index (χ0) is 15.2. The second kappa shape index (κ2) is 7.08.